The summed E-state index contributed by atoms with van der Waals surface area (Å²) in [6.07, 6.45) is 7.13. The molecule has 0 radical (unpaired) electrons. The van der Waals surface area contributed by atoms with Crippen LogP contribution in [0.2, 0.25) is 5.02 Å². The van der Waals surface area contributed by atoms with Crippen LogP contribution in [0.25, 0.3) is 0 Å². The van der Waals surface area contributed by atoms with Crippen LogP contribution in [0.3, 0.4) is 0 Å². The lowest BCUT2D eigenvalue weighted by molar-refractivity contribution is 0.0904. The van der Waals surface area contributed by atoms with Gasteiger partial charge in [-0.25, -0.2) is 0 Å². The maximum absolute atomic E-state index is 10.7. The molecule has 0 bridgehead atoms. The predicted molar refractivity (Wildman–Crippen MR) is 73.5 cm³/mol. The summed E-state index contributed by atoms with van der Waals surface area (Å²) in [5.41, 5.74) is 0.514. The van der Waals surface area contributed by atoms with Crippen molar-refractivity contribution in [3.8, 4) is 5.75 Å². The molecule has 0 amide bonds. The van der Waals surface area contributed by atoms with Crippen LogP contribution in [0.5, 0.6) is 5.75 Å². The minimum Gasteiger partial charge on any atom is -0.490 e. The summed E-state index contributed by atoms with van der Waals surface area (Å²) in [5.74, 6) is 1.42. The van der Waals surface area contributed by atoms with Crippen molar-refractivity contribution in [2.75, 3.05) is 0 Å². The Bertz CT molecular complexity index is 417. The van der Waals surface area contributed by atoms with E-state index in [4.69, 9.17) is 16.3 Å². The number of halogens is 1. The highest BCUT2D eigenvalue weighted by molar-refractivity contribution is 6.33. The SMILES string of the molecule is CCC1CCCCC1Oc1ccc(C=O)c(Cl)c1. The van der Waals surface area contributed by atoms with E-state index in [-0.39, 0.29) is 0 Å². The molecule has 2 unspecified atom stereocenters. The summed E-state index contributed by atoms with van der Waals surface area (Å²) in [6, 6.07) is 5.29. The van der Waals surface area contributed by atoms with E-state index in [1.165, 1.54) is 19.3 Å². The van der Waals surface area contributed by atoms with E-state index >= 15 is 0 Å². The second-order valence-corrected chi connectivity index (χ2v) is 5.32. The number of aldehydes is 1. The third-order valence-corrected chi connectivity index (χ3v) is 4.08. The molecule has 1 aliphatic rings. The lowest BCUT2D eigenvalue weighted by atomic mass is 9.85. The first-order valence-corrected chi connectivity index (χ1v) is 7.03. The summed E-state index contributed by atoms with van der Waals surface area (Å²) in [5, 5.41) is 0.464. The fraction of sp³-hybridized carbons (Fsp3) is 0.533. The molecule has 0 aliphatic heterocycles. The molecule has 2 nitrogen and oxygen atoms in total. The van der Waals surface area contributed by atoms with Crippen molar-refractivity contribution in [1.82, 2.24) is 0 Å². The van der Waals surface area contributed by atoms with Crippen LogP contribution in [0.1, 0.15) is 49.4 Å². The Labute approximate surface area is 113 Å². The predicted octanol–water partition coefficient (Wildman–Crippen LogP) is 4.50. The third-order valence-electron chi connectivity index (χ3n) is 3.75. The maximum Gasteiger partial charge on any atom is 0.151 e. The number of hydrogen-bond donors (Lipinski definition) is 0. The van der Waals surface area contributed by atoms with E-state index in [0.29, 0.717) is 22.6 Å². The van der Waals surface area contributed by atoms with Gasteiger partial charge in [0.25, 0.3) is 0 Å². The molecule has 98 valence electrons. The Morgan fingerprint density at radius 3 is 2.83 bits per heavy atom. The van der Waals surface area contributed by atoms with Gasteiger partial charge in [-0.2, -0.15) is 0 Å². The van der Waals surface area contributed by atoms with Crippen LogP contribution >= 0.6 is 11.6 Å². The van der Waals surface area contributed by atoms with Gasteiger partial charge in [-0.05, 0) is 49.8 Å². The van der Waals surface area contributed by atoms with E-state index in [1.807, 2.05) is 6.07 Å². The van der Waals surface area contributed by atoms with Crippen molar-refractivity contribution in [2.45, 2.75) is 45.1 Å². The lowest BCUT2D eigenvalue weighted by Gasteiger charge is -2.31. The summed E-state index contributed by atoms with van der Waals surface area (Å²) in [6.45, 7) is 2.22. The van der Waals surface area contributed by atoms with E-state index in [9.17, 15) is 4.79 Å². The molecule has 0 heterocycles. The second kappa shape index (κ2) is 6.24. The van der Waals surface area contributed by atoms with Crippen LogP contribution in [0.4, 0.5) is 0 Å². The number of ether oxygens (including phenoxy) is 1. The fourth-order valence-corrected chi connectivity index (χ4v) is 2.86. The molecule has 0 aromatic heterocycles. The zero-order valence-corrected chi connectivity index (χ0v) is 11.5. The van der Waals surface area contributed by atoms with Gasteiger partial charge < -0.3 is 4.74 Å². The minimum atomic E-state index is 0.293. The Kier molecular flexibility index (Phi) is 4.65. The van der Waals surface area contributed by atoms with Crippen molar-refractivity contribution in [2.24, 2.45) is 5.92 Å². The average molecular weight is 267 g/mol. The molecule has 0 N–H and O–H groups in total. The molecule has 2 atom stereocenters. The molecule has 1 saturated carbocycles. The van der Waals surface area contributed by atoms with Crippen molar-refractivity contribution in [3.05, 3.63) is 28.8 Å². The number of benzene rings is 1. The molecule has 2 rings (SSSR count). The molecular formula is C15H19ClO2. The van der Waals surface area contributed by atoms with Gasteiger partial charge in [0.2, 0.25) is 0 Å². The fourth-order valence-electron chi connectivity index (χ4n) is 2.65. The molecule has 3 heteroatoms. The molecule has 1 aliphatic carbocycles. The van der Waals surface area contributed by atoms with Gasteiger partial charge in [0.05, 0.1) is 5.02 Å². The Morgan fingerprint density at radius 1 is 1.39 bits per heavy atom. The molecule has 18 heavy (non-hydrogen) atoms. The van der Waals surface area contributed by atoms with Gasteiger partial charge in [-0.1, -0.05) is 24.9 Å². The van der Waals surface area contributed by atoms with Gasteiger partial charge in [0.1, 0.15) is 11.9 Å². The monoisotopic (exact) mass is 266 g/mol. The number of rotatable bonds is 4. The topological polar surface area (TPSA) is 26.3 Å². The van der Waals surface area contributed by atoms with Crippen LogP contribution in [-0.4, -0.2) is 12.4 Å². The first-order chi connectivity index (χ1) is 8.74. The number of carbonyl (C=O) groups is 1. The van der Waals surface area contributed by atoms with E-state index in [1.54, 1.807) is 12.1 Å². The third kappa shape index (κ3) is 3.05. The molecule has 0 saturated heterocycles. The van der Waals surface area contributed by atoms with Crippen LogP contribution in [0, 0.1) is 5.92 Å². The van der Waals surface area contributed by atoms with Gasteiger partial charge in [0.15, 0.2) is 6.29 Å². The van der Waals surface area contributed by atoms with Gasteiger partial charge in [0, 0.05) is 5.56 Å². The molecule has 0 spiro atoms. The van der Waals surface area contributed by atoms with Crippen LogP contribution in [-0.2, 0) is 0 Å². The quantitative estimate of drug-likeness (QED) is 0.750. The van der Waals surface area contributed by atoms with Crippen molar-refractivity contribution in [3.63, 3.8) is 0 Å². The van der Waals surface area contributed by atoms with Crippen LogP contribution < -0.4 is 4.74 Å². The highest BCUT2D eigenvalue weighted by Gasteiger charge is 2.25. The van der Waals surface area contributed by atoms with Crippen molar-refractivity contribution < 1.29 is 9.53 Å². The maximum atomic E-state index is 10.7. The number of hydrogen-bond acceptors (Lipinski definition) is 2. The van der Waals surface area contributed by atoms with Gasteiger partial charge in [-0.3, -0.25) is 4.79 Å². The molecule has 1 fully saturated rings. The highest BCUT2D eigenvalue weighted by atomic mass is 35.5. The van der Waals surface area contributed by atoms with E-state index < -0.39 is 0 Å². The van der Waals surface area contributed by atoms with Gasteiger partial charge >= 0.3 is 0 Å². The van der Waals surface area contributed by atoms with Crippen molar-refractivity contribution >= 4 is 17.9 Å². The highest BCUT2D eigenvalue weighted by Crippen LogP contribution is 2.31. The summed E-state index contributed by atoms with van der Waals surface area (Å²) in [4.78, 5) is 10.7. The molecular weight excluding hydrogens is 248 g/mol. The lowest BCUT2D eigenvalue weighted by Crippen LogP contribution is -2.29. The first-order valence-electron chi connectivity index (χ1n) is 6.66. The molecule has 1 aromatic carbocycles. The Balaban J connectivity index is 2.08. The zero-order chi connectivity index (χ0) is 13.0. The second-order valence-electron chi connectivity index (χ2n) is 4.91. The summed E-state index contributed by atoms with van der Waals surface area (Å²) >= 11 is 6.01. The normalized spacial score (nSPS) is 23.7. The number of carbonyl (C=O) groups excluding carboxylic acids is 1. The summed E-state index contributed by atoms with van der Waals surface area (Å²) in [7, 11) is 0. The van der Waals surface area contributed by atoms with Crippen LogP contribution in [0.15, 0.2) is 18.2 Å². The summed E-state index contributed by atoms with van der Waals surface area (Å²) < 4.78 is 6.04. The smallest absolute Gasteiger partial charge is 0.151 e. The van der Waals surface area contributed by atoms with E-state index in [2.05, 4.69) is 6.92 Å². The standard InChI is InChI=1S/C15H19ClO2/c1-2-11-5-3-4-6-15(11)18-13-8-7-12(10-17)14(16)9-13/h7-11,15H,2-6H2,1H3. The largest absolute Gasteiger partial charge is 0.490 e. The zero-order valence-electron chi connectivity index (χ0n) is 10.7. The Hall–Kier alpha value is -1.02. The average Bonchev–Trinajstić information content (AvgIpc) is 2.39. The van der Waals surface area contributed by atoms with Gasteiger partial charge in [-0.15, -0.1) is 0 Å². The van der Waals surface area contributed by atoms with E-state index in [0.717, 1.165) is 24.9 Å². The Morgan fingerprint density at radius 2 is 2.17 bits per heavy atom. The first kappa shape index (κ1) is 13.4. The molecule has 1 aromatic rings. The van der Waals surface area contributed by atoms with Crippen molar-refractivity contribution in [1.29, 1.82) is 0 Å². The minimum absolute atomic E-state index is 0.293.